The van der Waals surface area contributed by atoms with E-state index in [1.807, 2.05) is 12.3 Å². The van der Waals surface area contributed by atoms with E-state index in [0.29, 0.717) is 6.04 Å². The van der Waals surface area contributed by atoms with E-state index >= 15 is 0 Å². The number of hydrogen-bond donors (Lipinski definition) is 1. The molecule has 1 aromatic carbocycles. The van der Waals surface area contributed by atoms with Crippen molar-refractivity contribution in [3.8, 4) is 0 Å². The number of anilines is 1. The Labute approximate surface area is 116 Å². The van der Waals surface area contributed by atoms with Crippen LogP contribution in [0.3, 0.4) is 0 Å². The summed E-state index contributed by atoms with van der Waals surface area (Å²) in [6, 6.07) is 10.9. The van der Waals surface area contributed by atoms with E-state index < -0.39 is 0 Å². The summed E-state index contributed by atoms with van der Waals surface area (Å²) >= 11 is 3.49. The lowest BCUT2D eigenvalue weighted by atomic mass is 10.1. The van der Waals surface area contributed by atoms with Crippen molar-refractivity contribution in [3.63, 3.8) is 0 Å². The van der Waals surface area contributed by atoms with Crippen LogP contribution in [0.25, 0.3) is 0 Å². The Morgan fingerprint density at radius 1 is 1.33 bits per heavy atom. The highest BCUT2D eigenvalue weighted by Crippen LogP contribution is 2.33. The molecular weight excluding hydrogens is 288 g/mol. The minimum atomic E-state index is 0.348. The van der Waals surface area contributed by atoms with Crippen LogP contribution in [0.4, 0.5) is 5.69 Å². The minimum absolute atomic E-state index is 0.348. The van der Waals surface area contributed by atoms with Crippen LogP contribution in [0.15, 0.2) is 41.0 Å². The zero-order valence-electron chi connectivity index (χ0n) is 10.3. The Kier molecular flexibility index (Phi) is 3.08. The standard InChI is InChI=1S/C15H15BrN2/c1-10-9-12(16)5-7-13(10)18-14-6-4-11-3-2-8-17-15(11)14/h2-3,5,7-9,14,18H,4,6H2,1H3. The van der Waals surface area contributed by atoms with Gasteiger partial charge in [-0.05, 0) is 55.2 Å². The Morgan fingerprint density at radius 3 is 3.06 bits per heavy atom. The summed E-state index contributed by atoms with van der Waals surface area (Å²) in [5.41, 5.74) is 5.04. The average molecular weight is 303 g/mol. The third kappa shape index (κ3) is 2.15. The molecule has 0 radical (unpaired) electrons. The Balaban J connectivity index is 1.86. The number of pyridine rings is 1. The molecule has 0 fully saturated rings. The van der Waals surface area contributed by atoms with Crippen molar-refractivity contribution in [3.05, 3.63) is 57.8 Å². The molecule has 3 rings (SSSR count). The molecule has 2 aromatic rings. The Bertz CT molecular complexity index is 580. The first-order valence-electron chi connectivity index (χ1n) is 6.20. The van der Waals surface area contributed by atoms with Crippen molar-refractivity contribution in [2.45, 2.75) is 25.8 Å². The third-order valence-electron chi connectivity index (χ3n) is 3.48. The predicted molar refractivity (Wildman–Crippen MR) is 77.8 cm³/mol. The van der Waals surface area contributed by atoms with Crippen LogP contribution in [0, 0.1) is 6.92 Å². The van der Waals surface area contributed by atoms with Gasteiger partial charge in [-0.25, -0.2) is 0 Å². The minimum Gasteiger partial charge on any atom is -0.376 e. The van der Waals surface area contributed by atoms with Gasteiger partial charge in [-0.15, -0.1) is 0 Å². The normalized spacial score (nSPS) is 17.6. The lowest BCUT2D eigenvalue weighted by molar-refractivity contribution is 0.745. The van der Waals surface area contributed by atoms with Crippen LogP contribution in [0.1, 0.15) is 29.3 Å². The summed E-state index contributed by atoms with van der Waals surface area (Å²) in [5, 5.41) is 3.61. The fourth-order valence-corrected chi connectivity index (χ4v) is 3.01. The number of aromatic nitrogens is 1. The van der Waals surface area contributed by atoms with E-state index in [-0.39, 0.29) is 0 Å². The molecule has 0 spiro atoms. The second kappa shape index (κ2) is 4.73. The van der Waals surface area contributed by atoms with Crippen LogP contribution in [0.5, 0.6) is 0 Å². The molecule has 1 aliphatic carbocycles. The fourth-order valence-electron chi connectivity index (χ4n) is 2.53. The fraction of sp³-hybridized carbons (Fsp3) is 0.267. The molecule has 1 aliphatic rings. The monoisotopic (exact) mass is 302 g/mol. The van der Waals surface area contributed by atoms with Crippen molar-refractivity contribution in [2.75, 3.05) is 5.32 Å². The summed E-state index contributed by atoms with van der Waals surface area (Å²) in [5.74, 6) is 0. The van der Waals surface area contributed by atoms with Crippen LogP contribution in [-0.4, -0.2) is 4.98 Å². The summed E-state index contributed by atoms with van der Waals surface area (Å²) < 4.78 is 1.12. The quantitative estimate of drug-likeness (QED) is 0.897. The zero-order valence-corrected chi connectivity index (χ0v) is 11.9. The second-order valence-corrected chi connectivity index (χ2v) is 5.66. The zero-order chi connectivity index (χ0) is 12.5. The first-order chi connectivity index (χ1) is 8.74. The van der Waals surface area contributed by atoms with Crippen molar-refractivity contribution >= 4 is 21.6 Å². The van der Waals surface area contributed by atoms with E-state index in [1.165, 1.54) is 22.5 Å². The van der Waals surface area contributed by atoms with Crippen molar-refractivity contribution < 1.29 is 0 Å². The van der Waals surface area contributed by atoms with Gasteiger partial charge in [0.2, 0.25) is 0 Å². The van der Waals surface area contributed by atoms with Gasteiger partial charge in [0.1, 0.15) is 0 Å². The highest BCUT2D eigenvalue weighted by Gasteiger charge is 2.23. The molecule has 18 heavy (non-hydrogen) atoms. The number of nitrogens with one attached hydrogen (secondary N) is 1. The van der Waals surface area contributed by atoms with Gasteiger partial charge in [-0.2, -0.15) is 0 Å². The molecule has 1 aromatic heterocycles. The third-order valence-corrected chi connectivity index (χ3v) is 3.97. The molecule has 1 unspecified atom stereocenters. The molecule has 0 saturated heterocycles. The average Bonchev–Trinajstić information content (AvgIpc) is 2.76. The van der Waals surface area contributed by atoms with Crippen LogP contribution < -0.4 is 5.32 Å². The molecule has 1 heterocycles. The maximum Gasteiger partial charge on any atom is 0.0691 e. The highest BCUT2D eigenvalue weighted by atomic mass is 79.9. The van der Waals surface area contributed by atoms with Gasteiger partial charge in [0.05, 0.1) is 11.7 Å². The van der Waals surface area contributed by atoms with Crippen molar-refractivity contribution in [2.24, 2.45) is 0 Å². The molecule has 0 aliphatic heterocycles. The van der Waals surface area contributed by atoms with Gasteiger partial charge in [0.15, 0.2) is 0 Å². The molecule has 0 saturated carbocycles. The van der Waals surface area contributed by atoms with Crippen LogP contribution in [-0.2, 0) is 6.42 Å². The SMILES string of the molecule is Cc1cc(Br)ccc1NC1CCc2cccnc21. The lowest BCUT2D eigenvalue weighted by Gasteiger charge is -2.16. The van der Waals surface area contributed by atoms with Crippen molar-refractivity contribution in [1.29, 1.82) is 0 Å². The molecular formula is C15H15BrN2. The van der Waals surface area contributed by atoms with E-state index in [4.69, 9.17) is 0 Å². The Morgan fingerprint density at radius 2 is 2.22 bits per heavy atom. The Hall–Kier alpha value is -1.35. The molecule has 92 valence electrons. The first kappa shape index (κ1) is 11.7. The molecule has 1 N–H and O–H groups in total. The number of halogens is 1. The van der Waals surface area contributed by atoms with Crippen LogP contribution in [0.2, 0.25) is 0 Å². The number of benzene rings is 1. The van der Waals surface area contributed by atoms with Gasteiger partial charge in [0.25, 0.3) is 0 Å². The van der Waals surface area contributed by atoms with Gasteiger partial charge in [0, 0.05) is 16.4 Å². The van der Waals surface area contributed by atoms with E-state index in [9.17, 15) is 0 Å². The smallest absolute Gasteiger partial charge is 0.0691 e. The molecule has 2 nitrogen and oxygen atoms in total. The first-order valence-corrected chi connectivity index (χ1v) is 7.00. The van der Waals surface area contributed by atoms with E-state index in [0.717, 1.165) is 17.3 Å². The predicted octanol–water partition coefficient (Wildman–Crippen LogP) is 4.25. The largest absolute Gasteiger partial charge is 0.376 e. The number of rotatable bonds is 2. The van der Waals surface area contributed by atoms with Gasteiger partial charge < -0.3 is 5.32 Å². The van der Waals surface area contributed by atoms with Crippen molar-refractivity contribution in [1.82, 2.24) is 4.98 Å². The summed E-state index contributed by atoms with van der Waals surface area (Å²) in [6.07, 6.45) is 4.13. The molecule has 3 heteroatoms. The lowest BCUT2D eigenvalue weighted by Crippen LogP contribution is -2.09. The summed E-state index contributed by atoms with van der Waals surface area (Å²) in [7, 11) is 0. The van der Waals surface area contributed by atoms with Gasteiger partial charge >= 0.3 is 0 Å². The molecule has 1 atom stereocenters. The topological polar surface area (TPSA) is 24.9 Å². The van der Waals surface area contributed by atoms with Gasteiger partial charge in [-0.1, -0.05) is 22.0 Å². The number of hydrogen-bond acceptors (Lipinski definition) is 2. The van der Waals surface area contributed by atoms with Crippen LogP contribution >= 0.6 is 15.9 Å². The number of aryl methyl sites for hydroxylation is 2. The highest BCUT2D eigenvalue weighted by molar-refractivity contribution is 9.10. The molecule has 0 bridgehead atoms. The molecule has 0 amide bonds. The van der Waals surface area contributed by atoms with E-state index in [2.05, 4.69) is 57.4 Å². The number of fused-ring (bicyclic) bond motifs is 1. The maximum atomic E-state index is 4.51. The van der Waals surface area contributed by atoms with Gasteiger partial charge in [-0.3, -0.25) is 4.98 Å². The summed E-state index contributed by atoms with van der Waals surface area (Å²) in [4.78, 5) is 4.51. The maximum absolute atomic E-state index is 4.51. The van der Waals surface area contributed by atoms with E-state index in [1.54, 1.807) is 0 Å². The number of nitrogens with zero attached hydrogens (tertiary/aromatic N) is 1. The summed E-state index contributed by atoms with van der Waals surface area (Å²) in [6.45, 7) is 2.13. The second-order valence-electron chi connectivity index (χ2n) is 4.74.